The third-order valence-electron chi connectivity index (χ3n) is 5.82. The molecular formula is C26H28N2O2S. The summed E-state index contributed by atoms with van der Waals surface area (Å²) in [4.78, 5) is 29.6. The van der Waals surface area contributed by atoms with Gasteiger partial charge in [0, 0.05) is 12.6 Å². The van der Waals surface area contributed by atoms with Crippen LogP contribution in [0.1, 0.15) is 58.9 Å². The second-order valence-corrected chi connectivity index (χ2v) is 9.00. The molecule has 1 fully saturated rings. The summed E-state index contributed by atoms with van der Waals surface area (Å²) in [6, 6.07) is 22.7. The molecule has 31 heavy (non-hydrogen) atoms. The fraction of sp³-hybridized carbons (Fsp3) is 0.308. The molecule has 1 heterocycles. The third-order valence-corrected chi connectivity index (χ3v) is 6.67. The van der Waals surface area contributed by atoms with Crippen molar-refractivity contribution in [3.8, 4) is 0 Å². The highest BCUT2D eigenvalue weighted by atomic mass is 32.1. The van der Waals surface area contributed by atoms with Gasteiger partial charge in [-0.05, 0) is 35.4 Å². The molecule has 4 rings (SSSR count). The van der Waals surface area contributed by atoms with Gasteiger partial charge >= 0.3 is 0 Å². The van der Waals surface area contributed by atoms with Crippen molar-refractivity contribution in [3.63, 3.8) is 0 Å². The summed E-state index contributed by atoms with van der Waals surface area (Å²) in [6.07, 6.45) is 5.52. The highest BCUT2D eigenvalue weighted by Crippen LogP contribution is 2.28. The van der Waals surface area contributed by atoms with Crippen molar-refractivity contribution < 1.29 is 9.59 Å². The van der Waals surface area contributed by atoms with Crippen molar-refractivity contribution in [2.75, 3.05) is 0 Å². The number of hydrogen-bond acceptors (Lipinski definition) is 3. The summed E-state index contributed by atoms with van der Waals surface area (Å²) < 4.78 is 0. The molecule has 1 atom stereocenters. The van der Waals surface area contributed by atoms with Gasteiger partial charge in [0.25, 0.3) is 5.91 Å². The molecule has 5 heteroatoms. The van der Waals surface area contributed by atoms with Gasteiger partial charge in [0.2, 0.25) is 5.91 Å². The maximum atomic E-state index is 13.6. The molecule has 1 N–H and O–H groups in total. The van der Waals surface area contributed by atoms with Crippen LogP contribution in [0.15, 0.2) is 78.2 Å². The average molecular weight is 433 g/mol. The van der Waals surface area contributed by atoms with Gasteiger partial charge in [-0.1, -0.05) is 86.0 Å². The Bertz CT molecular complexity index is 967. The minimum Gasteiger partial charge on any atom is -0.351 e. The quantitative estimate of drug-likeness (QED) is 0.530. The summed E-state index contributed by atoms with van der Waals surface area (Å²) in [6.45, 7) is 0.370. The summed E-state index contributed by atoms with van der Waals surface area (Å²) >= 11 is 1.41. The van der Waals surface area contributed by atoms with Crippen LogP contribution in [0, 0.1) is 0 Å². The number of carbonyl (C=O) groups excluding carboxylic acids is 2. The van der Waals surface area contributed by atoms with E-state index in [9.17, 15) is 9.59 Å². The van der Waals surface area contributed by atoms with E-state index in [0.29, 0.717) is 11.4 Å². The first-order valence-corrected chi connectivity index (χ1v) is 11.8. The Morgan fingerprint density at radius 3 is 2.23 bits per heavy atom. The van der Waals surface area contributed by atoms with Gasteiger partial charge in [-0.25, -0.2) is 0 Å². The van der Waals surface area contributed by atoms with E-state index in [0.717, 1.165) is 36.8 Å². The van der Waals surface area contributed by atoms with Crippen LogP contribution in [0.4, 0.5) is 0 Å². The van der Waals surface area contributed by atoms with Crippen LogP contribution in [0.5, 0.6) is 0 Å². The Balaban J connectivity index is 1.69. The minimum absolute atomic E-state index is 0.0982. The SMILES string of the molecule is O=C(NC1CCCCC1)[C@H](c1ccccc1)N(Cc1ccccc1)C(=O)c1cccs1. The van der Waals surface area contributed by atoms with Gasteiger partial charge in [-0.3, -0.25) is 9.59 Å². The van der Waals surface area contributed by atoms with E-state index in [2.05, 4.69) is 5.32 Å². The molecular weight excluding hydrogens is 404 g/mol. The van der Waals surface area contributed by atoms with Gasteiger partial charge < -0.3 is 10.2 Å². The molecule has 2 amide bonds. The van der Waals surface area contributed by atoms with Crippen LogP contribution < -0.4 is 5.32 Å². The summed E-state index contributed by atoms with van der Waals surface area (Å²) in [5, 5.41) is 5.15. The zero-order valence-corrected chi connectivity index (χ0v) is 18.4. The number of nitrogens with one attached hydrogen (secondary N) is 1. The fourth-order valence-electron chi connectivity index (χ4n) is 4.24. The van der Waals surface area contributed by atoms with Crippen LogP contribution in [0.25, 0.3) is 0 Å². The minimum atomic E-state index is -0.682. The number of thiophene rings is 1. The molecule has 1 aliphatic carbocycles. The lowest BCUT2D eigenvalue weighted by atomic mass is 9.94. The van der Waals surface area contributed by atoms with Crippen molar-refractivity contribution in [2.24, 2.45) is 0 Å². The van der Waals surface area contributed by atoms with Gasteiger partial charge in [0.1, 0.15) is 6.04 Å². The van der Waals surface area contributed by atoms with E-state index >= 15 is 0 Å². The smallest absolute Gasteiger partial charge is 0.265 e. The number of nitrogens with zero attached hydrogens (tertiary/aromatic N) is 1. The average Bonchev–Trinajstić information content (AvgIpc) is 3.35. The normalized spacial score (nSPS) is 15.2. The second-order valence-electron chi connectivity index (χ2n) is 8.05. The molecule has 1 aliphatic rings. The lowest BCUT2D eigenvalue weighted by Crippen LogP contribution is -2.46. The van der Waals surface area contributed by atoms with E-state index < -0.39 is 6.04 Å². The number of benzene rings is 2. The first kappa shape index (κ1) is 21.3. The van der Waals surface area contributed by atoms with Crippen molar-refractivity contribution in [1.82, 2.24) is 10.2 Å². The Morgan fingerprint density at radius 2 is 1.58 bits per heavy atom. The molecule has 4 nitrogen and oxygen atoms in total. The topological polar surface area (TPSA) is 49.4 Å². The maximum Gasteiger partial charge on any atom is 0.265 e. The molecule has 0 bridgehead atoms. The first-order chi connectivity index (χ1) is 15.2. The molecule has 0 spiro atoms. The van der Waals surface area contributed by atoms with E-state index in [4.69, 9.17) is 0 Å². The van der Waals surface area contributed by atoms with Crippen LogP contribution in [0.2, 0.25) is 0 Å². The number of hydrogen-bond donors (Lipinski definition) is 1. The fourth-order valence-corrected chi connectivity index (χ4v) is 4.92. The standard InChI is InChI=1S/C26H28N2O2S/c29-25(27-22-15-8-3-9-16-22)24(21-13-6-2-7-14-21)28(19-20-11-4-1-5-12-20)26(30)23-17-10-18-31-23/h1-2,4-7,10-14,17-18,22,24H,3,8-9,15-16,19H2,(H,27,29)/t24-/m0/s1. The number of carbonyl (C=O) groups is 2. The molecule has 160 valence electrons. The second kappa shape index (κ2) is 10.4. The molecule has 2 aromatic carbocycles. The zero-order valence-electron chi connectivity index (χ0n) is 17.6. The Morgan fingerprint density at radius 1 is 0.903 bits per heavy atom. The number of amides is 2. The van der Waals surface area contributed by atoms with Crippen molar-refractivity contribution in [3.05, 3.63) is 94.2 Å². The molecule has 1 aromatic heterocycles. The molecule has 0 radical (unpaired) electrons. The zero-order chi connectivity index (χ0) is 21.5. The van der Waals surface area contributed by atoms with Crippen LogP contribution in [-0.4, -0.2) is 22.8 Å². The molecule has 1 saturated carbocycles. The van der Waals surface area contributed by atoms with Crippen LogP contribution >= 0.6 is 11.3 Å². The highest BCUT2D eigenvalue weighted by molar-refractivity contribution is 7.12. The summed E-state index contributed by atoms with van der Waals surface area (Å²) in [5.41, 5.74) is 1.83. The predicted molar refractivity (Wildman–Crippen MR) is 125 cm³/mol. The van der Waals surface area contributed by atoms with E-state index in [1.807, 2.05) is 78.2 Å². The Hall–Kier alpha value is -2.92. The molecule has 0 unspecified atom stereocenters. The van der Waals surface area contributed by atoms with E-state index in [1.165, 1.54) is 17.8 Å². The van der Waals surface area contributed by atoms with E-state index in [-0.39, 0.29) is 17.9 Å². The predicted octanol–water partition coefficient (Wildman–Crippen LogP) is 5.58. The monoisotopic (exact) mass is 432 g/mol. The Labute approximate surface area is 187 Å². The first-order valence-electron chi connectivity index (χ1n) is 11.0. The summed E-state index contributed by atoms with van der Waals surface area (Å²) in [7, 11) is 0. The van der Waals surface area contributed by atoms with Gasteiger partial charge in [-0.2, -0.15) is 0 Å². The maximum absolute atomic E-state index is 13.6. The van der Waals surface area contributed by atoms with E-state index in [1.54, 1.807) is 4.90 Å². The lowest BCUT2D eigenvalue weighted by molar-refractivity contribution is -0.127. The lowest BCUT2D eigenvalue weighted by Gasteiger charge is -2.33. The van der Waals surface area contributed by atoms with Gasteiger partial charge in [-0.15, -0.1) is 11.3 Å². The van der Waals surface area contributed by atoms with Crippen molar-refractivity contribution in [2.45, 2.75) is 50.7 Å². The van der Waals surface area contributed by atoms with Crippen molar-refractivity contribution >= 4 is 23.2 Å². The molecule has 3 aromatic rings. The highest BCUT2D eigenvalue weighted by Gasteiger charge is 2.33. The number of rotatable bonds is 7. The third kappa shape index (κ3) is 5.42. The van der Waals surface area contributed by atoms with Crippen LogP contribution in [0.3, 0.4) is 0 Å². The van der Waals surface area contributed by atoms with Gasteiger partial charge in [0.15, 0.2) is 0 Å². The molecule has 0 aliphatic heterocycles. The summed E-state index contributed by atoms with van der Waals surface area (Å²) in [5.74, 6) is -0.217. The molecule has 0 saturated heterocycles. The Kier molecular flexibility index (Phi) is 7.15. The van der Waals surface area contributed by atoms with Crippen molar-refractivity contribution in [1.29, 1.82) is 0 Å². The van der Waals surface area contributed by atoms with Crippen LogP contribution in [-0.2, 0) is 11.3 Å². The van der Waals surface area contributed by atoms with Gasteiger partial charge in [0.05, 0.1) is 4.88 Å². The largest absolute Gasteiger partial charge is 0.351 e.